The number of rotatable bonds is 17. The van der Waals surface area contributed by atoms with E-state index in [-0.39, 0.29) is 0 Å². The van der Waals surface area contributed by atoms with Gasteiger partial charge in [-0.05, 0) is 26.8 Å². The second kappa shape index (κ2) is 17.0. The predicted octanol–water partition coefficient (Wildman–Crippen LogP) is 7.36. The largest absolute Gasteiger partial charge is 0.373 e. The number of ether oxygens (including phenoxy) is 1. The number of hydrogen-bond donors (Lipinski definition) is 0. The second-order valence-electron chi connectivity index (χ2n) is 8.82. The first-order valence-electron chi connectivity index (χ1n) is 12.1. The van der Waals surface area contributed by atoms with Gasteiger partial charge in [-0.3, -0.25) is 4.90 Å². The van der Waals surface area contributed by atoms with Crippen LogP contribution in [0.2, 0.25) is 0 Å². The van der Waals surface area contributed by atoms with E-state index in [1.165, 1.54) is 109 Å². The van der Waals surface area contributed by atoms with Gasteiger partial charge in [0.05, 0.1) is 12.2 Å². The molecule has 2 heteroatoms. The first-order chi connectivity index (χ1) is 12.7. The molecule has 0 aromatic heterocycles. The minimum absolute atomic E-state index is 0.416. The molecule has 0 spiro atoms. The summed E-state index contributed by atoms with van der Waals surface area (Å²) >= 11 is 0. The summed E-state index contributed by atoms with van der Waals surface area (Å²) in [5.41, 5.74) is 0. The molecular formula is C24H49NO. The average molecular weight is 368 g/mol. The van der Waals surface area contributed by atoms with Crippen LogP contribution in [0, 0.1) is 0 Å². The summed E-state index contributed by atoms with van der Waals surface area (Å²) in [6.45, 7) is 10.2. The van der Waals surface area contributed by atoms with Crippen molar-refractivity contribution in [2.45, 2.75) is 136 Å². The molecule has 1 fully saturated rings. The highest BCUT2D eigenvalue weighted by molar-refractivity contribution is 4.72. The summed E-state index contributed by atoms with van der Waals surface area (Å²) in [4.78, 5) is 2.60. The Morgan fingerprint density at radius 3 is 1.31 bits per heavy atom. The molecule has 0 aliphatic carbocycles. The first kappa shape index (κ1) is 24.0. The summed E-state index contributed by atoms with van der Waals surface area (Å²) in [5.74, 6) is 0. The van der Waals surface area contributed by atoms with E-state index in [9.17, 15) is 0 Å². The maximum atomic E-state index is 5.81. The van der Waals surface area contributed by atoms with Crippen LogP contribution in [-0.4, -0.2) is 36.7 Å². The topological polar surface area (TPSA) is 12.5 Å². The van der Waals surface area contributed by atoms with Crippen LogP contribution in [0.25, 0.3) is 0 Å². The molecule has 0 unspecified atom stereocenters. The molecule has 156 valence electrons. The van der Waals surface area contributed by atoms with Crippen molar-refractivity contribution in [1.29, 1.82) is 0 Å². The Morgan fingerprint density at radius 2 is 0.923 bits per heavy atom. The lowest BCUT2D eigenvalue weighted by Crippen LogP contribution is -2.45. The number of hydrogen-bond acceptors (Lipinski definition) is 2. The highest BCUT2D eigenvalue weighted by Gasteiger charge is 2.21. The number of nitrogens with zero attached hydrogens (tertiary/aromatic N) is 1. The van der Waals surface area contributed by atoms with E-state index in [1.54, 1.807) is 0 Å². The Labute approximate surface area is 165 Å². The van der Waals surface area contributed by atoms with Gasteiger partial charge >= 0.3 is 0 Å². The molecule has 0 amide bonds. The van der Waals surface area contributed by atoms with E-state index in [0.29, 0.717) is 12.2 Å². The van der Waals surface area contributed by atoms with Gasteiger partial charge in [0.15, 0.2) is 0 Å². The third-order valence-electron chi connectivity index (χ3n) is 5.82. The summed E-state index contributed by atoms with van der Waals surface area (Å²) in [6, 6.07) is 0. The van der Waals surface area contributed by atoms with Gasteiger partial charge in [0, 0.05) is 13.1 Å². The van der Waals surface area contributed by atoms with Crippen LogP contribution in [0.5, 0.6) is 0 Å². The van der Waals surface area contributed by atoms with Crippen molar-refractivity contribution >= 4 is 0 Å². The van der Waals surface area contributed by atoms with E-state index < -0.39 is 0 Å². The summed E-state index contributed by atoms with van der Waals surface area (Å²) < 4.78 is 5.81. The van der Waals surface area contributed by atoms with Crippen molar-refractivity contribution in [3.63, 3.8) is 0 Å². The first-order valence-corrected chi connectivity index (χ1v) is 12.1. The molecule has 1 aliphatic heterocycles. The van der Waals surface area contributed by atoms with Gasteiger partial charge in [0.1, 0.15) is 0 Å². The Bertz CT molecular complexity index is 284. The van der Waals surface area contributed by atoms with E-state index in [4.69, 9.17) is 4.74 Å². The molecule has 2 nitrogen and oxygen atoms in total. The molecule has 0 aromatic carbocycles. The van der Waals surface area contributed by atoms with Crippen LogP contribution in [0.1, 0.15) is 124 Å². The summed E-state index contributed by atoms with van der Waals surface area (Å²) in [6.07, 6.45) is 24.0. The smallest absolute Gasteiger partial charge is 0.0678 e. The molecule has 26 heavy (non-hydrogen) atoms. The normalized spacial score (nSPS) is 21.3. The molecule has 0 N–H and O–H groups in total. The van der Waals surface area contributed by atoms with Crippen LogP contribution in [0.4, 0.5) is 0 Å². The van der Waals surface area contributed by atoms with Gasteiger partial charge < -0.3 is 4.74 Å². The summed E-state index contributed by atoms with van der Waals surface area (Å²) in [5, 5.41) is 0. The Morgan fingerprint density at radius 1 is 0.577 bits per heavy atom. The van der Waals surface area contributed by atoms with Crippen molar-refractivity contribution in [3.8, 4) is 0 Å². The van der Waals surface area contributed by atoms with Crippen LogP contribution >= 0.6 is 0 Å². The maximum absolute atomic E-state index is 5.81. The van der Waals surface area contributed by atoms with Gasteiger partial charge in [0.25, 0.3) is 0 Å². The SMILES string of the molecule is CCCCCCCCCCCCCCCCCCN1C[C@H](C)O[C@@H](C)C1. The van der Waals surface area contributed by atoms with Crippen LogP contribution in [-0.2, 0) is 4.74 Å². The predicted molar refractivity (Wildman–Crippen MR) is 116 cm³/mol. The lowest BCUT2D eigenvalue weighted by Gasteiger charge is -2.35. The lowest BCUT2D eigenvalue weighted by molar-refractivity contribution is -0.0681. The lowest BCUT2D eigenvalue weighted by atomic mass is 10.0. The van der Waals surface area contributed by atoms with Crippen molar-refractivity contribution < 1.29 is 4.74 Å². The van der Waals surface area contributed by atoms with Crippen LogP contribution < -0.4 is 0 Å². The van der Waals surface area contributed by atoms with E-state index in [2.05, 4.69) is 25.7 Å². The molecular weight excluding hydrogens is 318 g/mol. The van der Waals surface area contributed by atoms with Gasteiger partial charge in [-0.25, -0.2) is 0 Å². The van der Waals surface area contributed by atoms with Crippen LogP contribution in [0.15, 0.2) is 0 Å². The highest BCUT2D eigenvalue weighted by atomic mass is 16.5. The molecule has 0 saturated carbocycles. The van der Waals surface area contributed by atoms with Gasteiger partial charge in [0.2, 0.25) is 0 Å². The van der Waals surface area contributed by atoms with E-state index >= 15 is 0 Å². The monoisotopic (exact) mass is 367 g/mol. The van der Waals surface area contributed by atoms with Crippen molar-refractivity contribution in [2.75, 3.05) is 19.6 Å². The molecule has 1 saturated heterocycles. The highest BCUT2D eigenvalue weighted by Crippen LogP contribution is 2.15. The van der Waals surface area contributed by atoms with Crippen molar-refractivity contribution in [2.24, 2.45) is 0 Å². The summed E-state index contributed by atoms with van der Waals surface area (Å²) in [7, 11) is 0. The van der Waals surface area contributed by atoms with Crippen LogP contribution in [0.3, 0.4) is 0 Å². The van der Waals surface area contributed by atoms with Gasteiger partial charge in [-0.2, -0.15) is 0 Å². The fourth-order valence-corrected chi connectivity index (χ4v) is 4.35. The number of unbranched alkanes of at least 4 members (excludes halogenated alkanes) is 15. The molecule has 2 atom stereocenters. The molecule has 1 aliphatic rings. The van der Waals surface area contributed by atoms with Gasteiger partial charge in [-0.15, -0.1) is 0 Å². The van der Waals surface area contributed by atoms with Gasteiger partial charge in [-0.1, -0.05) is 103 Å². The Kier molecular flexibility index (Phi) is 15.7. The van der Waals surface area contributed by atoms with Crippen molar-refractivity contribution in [3.05, 3.63) is 0 Å². The zero-order valence-electron chi connectivity index (χ0n) is 18.4. The fraction of sp³-hybridized carbons (Fsp3) is 1.00. The van der Waals surface area contributed by atoms with Crippen molar-refractivity contribution in [1.82, 2.24) is 4.90 Å². The molecule has 0 bridgehead atoms. The fourth-order valence-electron chi connectivity index (χ4n) is 4.35. The quantitative estimate of drug-likeness (QED) is 0.249. The maximum Gasteiger partial charge on any atom is 0.0678 e. The minimum Gasteiger partial charge on any atom is -0.373 e. The minimum atomic E-state index is 0.416. The zero-order valence-corrected chi connectivity index (χ0v) is 18.4. The van der Waals surface area contributed by atoms with E-state index in [1.807, 2.05) is 0 Å². The Hall–Kier alpha value is -0.0800. The molecule has 0 radical (unpaired) electrons. The van der Waals surface area contributed by atoms with E-state index in [0.717, 1.165) is 13.1 Å². The standard InChI is InChI=1S/C24H49NO/c1-4-5-6-7-8-9-10-11-12-13-14-15-16-17-18-19-20-25-21-23(2)26-24(3)22-25/h23-24H,4-22H2,1-3H3/t23-,24-/m0/s1. The zero-order chi connectivity index (χ0) is 18.9. The third kappa shape index (κ3) is 14.0. The average Bonchev–Trinajstić information content (AvgIpc) is 2.60. The molecule has 1 rings (SSSR count). The Balaban J connectivity index is 1.73. The second-order valence-corrected chi connectivity index (χ2v) is 8.82. The molecule has 0 aromatic rings. The molecule has 1 heterocycles. The number of morpholine rings is 1. The third-order valence-corrected chi connectivity index (χ3v) is 5.82.